The van der Waals surface area contributed by atoms with Crippen LogP contribution in [-0.2, 0) is 0 Å². The van der Waals surface area contributed by atoms with Crippen molar-refractivity contribution in [1.29, 1.82) is 0 Å². The SMILES string of the molecule is Cc1cnc(Sc2ccc(C(C)O)cc2[N+](=O)[O-])nc1. The van der Waals surface area contributed by atoms with Gasteiger partial charge in [0, 0.05) is 18.5 Å². The van der Waals surface area contributed by atoms with Gasteiger partial charge in [-0.2, -0.15) is 0 Å². The summed E-state index contributed by atoms with van der Waals surface area (Å²) < 4.78 is 0. The Morgan fingerprint density at radius 3 is 2.55 bits per heavy atom. The Kier molecular flexibility index (Phi) is 4.31. The fourth-order valence-electron chi connectivity index (χ4n) is 1.56. The Morgan fingerprint density at radius 2 is 2.00 bits per heavy atom. The van der Waals surface area contributed by atoms with Gasteiger partial charge in [-0.15, -0.1) is 0 Å². The van der Waals surface area contributed by atoms with Crippen molar-refractivity contribution in [3.05, 3.63) is 51.8 Å². The Morgan fingerprint density at radius 1 is 1.35 bits per heavy atom. The number of rotatable bonds is 4. The molecule has 0 spiro atoms. The normalized spacial score (nSPS) is 12.2. The first-order valence-corrected chi connectivity index (χ1v) is 6.72. The van der Waals surface area contributed by atoms with Gasteiger partial charge in [0.25, 0.3) is 5.69 Å². The molecule has 0 aliphatic carbocycles. The van der Waals surface area contributed by atoms with E-state index in [2.05, 4.69) is 9.97 Å². The topological polar surface area (TPSA) is 89.2 Å². The zero-order chi connectivity index (χ0) is 14.7. The fourth-order valence-corrected chi connectivity index (χ4v) is 2.34. The number of nitrogens with zero attached hydrogens (tertiary/aromatic N) is 3. The zero-order valence-corrected chi connectivity index (χ0v) is 11.8. The molecule has 0 radical (unpaired) electrons. The lowest BCUT2D eigenvalue weighted by Crippen LogP contribution is -1.97. The maximum absolute atomic E-state index is 11.1. The summed E-state index contributed by atoms with van der Waals surface area (Å²) in [6.07, 6.45) is 2.57. The Balaban J connectivity index is 2.35. The third kappa shape index (κ3) is 3.31. The molecule has 1 N–H and O–H groups in total. The molecular formula is C13H13N3O3S. The van der Waals surface area contributed by atoms with Crippen molar-refractivity contribution in [3.8, 4) is 0 Å². The Hall–Kier alpha value is -1.99. The first-order chi connectivity index (χ1) is 9.47. The van der Waals surface area contributed by atoms with E-state index in [1.165, 1.54) is 6.07 Å². The van der Waals surface area contributed by atoms with Gasteiger partial charge >= 0.3 is 0 Å². The monoisotopic (exact) mass is 291 g/mol. The van der Waals surface area contributed by atoms with Crippen molar-refractivity contribution < 1.29 is 10.0 Å². The molecule has 0 fully saturated rings. The van der Waals surface area contributed by atoms with E-state index >= 15 is 0 Å². The molecule has 20 heavy (non-hydrogen) atoms. The van der Waals surface area contributed by atoms with E-state index in [1.54, 1.807) is 31.5 Å². The van der Waals surface area contributed by atoms with E-state index in [0.29, 0.717) is 15.6 Å². The largest absolute Gasteiger partial charge is 0.389 e. The van der Waals surface area contributed by atoms with Gasteiger partial charge in [0.15, 0.2) is 5.16 Å². The number of nitro benzene ring substituents is 1. The molecule has 2 rings (SSSR count). The first kappa shape index (κ1) is 14.4. The number of aliphatic hydroxyl groups is 1. The van der Waals surface area contributed by atoms with Gasteiger partial charge in [-0.05, 0) is 42.8 Å². The predicted molar refractivity (Wildman–Crippen MR) is 74.6 cm³/mol. The molecule has 2 aromatic rings. The van der Waals surface area contributed by atoms with E-state index in [0.717, 1.165) is 17.3 Å². The second-order valence-corrected chi connectivity index (χ2v) is 5.31. The van der Waals surface area contributed by atoms with Crippen molar-refractivity contribution in [3.63, 3.8) is 0 Å². The molecule has 0 saturated carbocycles. The van der Waals surface area contributed by atoms with E-state index in [-0.39, 0.29) is 5.69 Å². The molecule has 0 bridgehead atoms. The fraction of sp³-hybridized carbons (Fsp3) is 0.231. The highest BCUT2D eigenvalue weighted by molar-refractivity contribution is 7.99. The third-order valence-corrected chi connectivity index (χ3v) is 3.58. The number of aryl methyl sites for hydroxylation is 1. The lowest BCUT2D eigenvalue weighted by Gasteiger charge is -2.07. The lowest BCUT2D eigenvalue weighted by atomic mass is 10.1. The molecule has 1 aromatic heterocycles. The molecule has 0 aliphatic heterocycles. The van der Waals surface area contributed by atoms with Gasteiger partial charge < -0.3 is 5.11 Å². The van der Waals surface area contributed by atoms with Gasteiger partial charge in [-0.1, -0.05) is 6.07 Å². The Labute approximate surface area is 120 Å². The molecule has 0 aliphatic rings. The standard InChI is InChI=1S/C13H13N3O3S/c1-8-6-14-13(15-7-8)20-12-4-3-10(9(2)17)5-11(12)16(18)19/h3-7,9,17H,1-2H3. The number of hydrogen-bond donors (Lipinski definition) is 1. The minimum atomic E-state index is -0.747. The van der Waals surface area contributed by atoms with Gasteiger partial charge in [0.05, 0.1) is 15.9 Å². The maximum Gasteiger partial charge on any atom is 0.283 e. The summed E-state index contributed by atoms with van der Waals surface area (Å²) in [6, 6.07) is 4.64. The highest BCUT2D eigenvalue weighted by atomic mass is 32.2. The molecule has 6 nitrogen and oxygen atoms in total. The van der Waals surface area contributed by atoms with Crippen molar-refractivity contribution >= 4 is 17.4 Å². The van der Waals surface area contributed by atoms with E-state index in [1.807, 2.05) is 6.92 Å². The van der Waals surface area contributed by atoms with E-state index in [9.17, 15) is 15.2 Å². The number of benzene rings is 1. The summed E-state index contributed by atoms with van der Waals surface area (Å²) in [7, 11) is 0. The van der Waals surface area contributed by atoms with Crippen molar-refractivity contribution in [2.24, 2.45) is 0 Å². The molecular weight excluding hydrogens is 278 g/mol. The summed E-state index contributed by atoms with van der Waals surface area (Å²) in [6.45, 7) is 3.43. The van der Waals surface area contributed by atoms with Crippen LogP contribution in [0.3, 0.4) is 0 Å². The highest BCUT2D eigenvalue weighted by Crippen LogP contribution is 2.34. The van der Waals surface area contributed by atoms with Gasteiger partial charge in [-0.3, -0.25) is 10.1 Å². The molecule has 1 atom stereocenters. The lowest BCUT2D eigenvalue weighted by molar-refractivity contribution is -0.387. The minimum absolute atomic E-state index is 0.0578. The quantitative estimate of drug-likeness (QED) is 0.529. The van der Waals surface area contributed by atoms with Crippen LogP contribution in [0.2, 0.25) is 0 Å². The first-order valence-electron chi connectivity index (χ1n) is 5.90. The molecule has 1 heterocycles. The molecule has 0 amide bonds. The number of nitro groups is 1. The summed E-state index contributed by atoms with van der Waals surface area (Å²) in [5, 5.41) is 21.0. The smallest absolute Gasteiger partial charge is 0.283 e. The van der Waals surface area contributed by atoms with Crippen LogP contribution in [-0.4, -0.2) is 20.0 Å². The predicted octanol–water partition coefficient (Wildman–Crippen LogP) is 2.90. The van der Waals surface area contributed by atoms with Crippen LogP contribution in [0.4, 0.5) is 5.69 Å². The number of aromatic nitrogens is 2. The summed E-state index contributed by atoms with van der Waals surface area (Å²) in [4.78, 5) is 19.3. The highest BCUT2D eigenvalue weighted by Gasteiger charge is 2.18. The van der Waals surface area contributed by atoms with Crippen LogP contribution in [0.25, 0.3) is 0 Å². The van der Waals surface area contributed by atoms with Gasteiger partial charge in [0.2, 0.25) is 0 Å². The van der Waals surface area contributed by atoms with Crippen LogP contribution < -0.4 is 0 Å². The average Bonchev–Trinajstić information content (AvgIpc) is 2.41. The second kappa shape index (κ2) is 5.98. The summed E-state index contributed by atoms with van der Waals surface area (Å²) in [5.41, 5.74) is 1.37. The van der Waals surface area contributed by atoms with E-state index < -0.39 is 11.0 Å². The molecule has 1 unspecified atom stereocenters. The zero-order valence-electron chi connectivity index (χ0n) is 11.0. The molecule has 1 aromatic carbocycles. The van der Waals surface area contributed by atoms with Crippen LogP contribution in [0.5, 0.6) is 0 Å². The van der Waals surface area contributed by atoms with Crippen LogP contribution >= 0.6 is 11.8 Å². The average molecular weight is 291 g/mol. The maximum atomic E-state index is 11.1. The van der Waals surface area contributed by atoms with Crippen molar-refractivity contribution in [2.75, 3.05) is 0 Å². The number of aliphatic hydroxyl groups excluding tert-OH is 1. The Bertz CT molecular complexity index is 629. The van der Waals surface area contributed by atoms with Crippen LogP contribution in [0.15, 0.2) is 40.6 Å². The summed E-state index contributed by atoms with van der Waals surface area (Å²) in [5.74, 6) is 0. The van der Waals surface area contributed by atoms with Crippen LogP contribution in [0, 0.1) is 17.0 Å². The van der Waals surface area contributed by atoms with Crippen molar-refractivity contribution in [1.82, 2.24) is 9.97 Å². The van der Waals surface area contributed by atoms with E-state index in [4.69, 9.17) is 0 Å². The van der Waals surface area contributed by atoms with Gasteiger partial charge in [-0.25, -0.2) is 9.97 Å². The number of hydrogen-bond acceptors (Lipinski definition) is 6. The van der Waals surface area contributed by atoms with Crippen molar-refractivity contribution in [2.45, 2.75) is 30.0 Å². The summed E-state index contributed by atoms with van der Waals surface area (Å²) >= 11 is 1.13. The second-order valence-electron chi connectivity index (χ2n) is 4.31. The molecule has 104 valence electrons. The van der Waals surface area contributed by atoms with Crippen LogP contribution in [0.1, 0.15) is 24.2 Å². The third-order valence-electron chi connectivity index (χ3n) is 2.62. The molecule has 0 saturated heterocycles. The minimum Gasteiger partial charge on any atom is -0.389 e. The van der Waals surface area contributed by atoms with Gasteiger partial charge in [0.1, 0.15) is 0 Å². The molecule has 7 heteroatoms.